The molecule has 7 heteroatoms. The quantitative estimate of drug-likeness (QED) is 0.751. The zero-order valence-electron chi connectivity index (χ0n) is 14.2. The third kappa shape index (κ3) is 3.67. The predicted molar refractivity (Wildman–Crippen MR) is 88.3 cm³/mol. The van der Waals surface area contributed by atoms with E-state index in [0.29, 0.717) is 31.9 Å². The zero-order chi connectivity index (χ0) is 17.2. The van der Waals surface area contributed by atoms with Gasteiger partial charge >= 0.3 is 0 Å². The van der Waals surface area contributed by atoms with Crippen molar-refractivity contribution in [2.75, 3.05) is 27.2 Å². The summed E-state index contributed by atoms with van der Waals surface area (Å²) >= 11 is 0. The molecule has 2 heterocycles. The number of likely N-dealkylation sites (tertiary alicyclic amines) is 1. The van der Waals surface area contributed by atoms with Gasteiger partial charge in [0.15, 0.2) is 0 Å². The van der Waals surface area contributed by atoms with Crippen LogP contribution in [0.1, 0.15) is 24.8 Å². The topological polar surface area (TPSA) is 83.6 Å². The van der Waals surface area contributed by atoms with Crippen molar-refractivity contribution in [3.8, 4) is 5.88 Å². The molecule has 2 aliphatic rings. The van der Waals surface area contributed by atoms with E-state index >= 15 is 0 Å². The summed E-state index contributed by atoms with van der Waals surface area (Å²) in [5, 5.41) is 6.52. The third-order valence-corrected chi connectivity index (χ3v) is 4.86. The highest BCUT2D eigenvalue weighted by Gasteiger charge is 2.43. The zero-order valence-corrected chi connectivity index (χ0v) is 14.2. The van der Waals surface area contributed by atoms with Gasteiger partial charge in [-0.25, -0.2) is 4.98 Å². The molecule has 130 valence electrons. The minimum atomic E-state index is -0.225. The Morgan fingerprint density at radius 3 is 2.92 bits per heavy atom. The summed E-state index contributed by atoms with van der Waals surface area (Å²) in [7, 11) is 3.35. The minimum absolute atomic E-state index is 0.0280. The van der Waals surface area contributed by atoms with E-state index in [-0.39, 0.29) is 23.3 Å². The molecule has 1 aromatic heterocycles. The van der Waals surface area contributed by atoms with E-state index in [1.165, 1.54) is 0 Å². The van der Waals surface area contributed by atoms with Crippen LogP contribution in [0, 0.1) is 5.92 Å². The highest BCUT2D eigenvalue weighted by molar-refractivity contribution is 5.89. The summed E-state index contributed by atoms with van der Waals surface area (Å²) in [6.45, 7) is 1.75. The number of methoxy groups -OCH3 is 1. The van der Waals surface area contributed by atoms with Gasteiger partial charge in [-0.1, -0.05) is 6.07 Å². The molecule has 1 aromatic rings. The number of amides is 2. The Bertz CT molecular complexity index is 630. The number of nitrogens with zero attached hydrogens (tertiary/aromatic N) is 2. The molecule has 0 radical (unpaired) electrons. The van der Waals surface area contributed by atoms with Crippen molar-refractivity contribution in [3.05, 3.63) is 23.9 Å². The molecule has 7 nitrogen and oxygen atoms in total. The number of pyridine rings is 1. The first-order valence-corrected chi connectivity index (χ1v) is 8.27. The summed E-state index contributed by atoms with van der Waals surface area (Å²) in [6.07, 6.45) is 4.07. The minimum Gasteiger partial charge on any atom is -0.481 e. The molecule has 2 N–H and O–H groups in total. The Hall–Kier alpha value is -2.15. The van der Waals surface area contributed by atoms with Crippen LogP contribution >= 0.6 is 0 Å². The lowest BCUT2D eigenvalue weighted by atomic mass is 10.1. The molecule has 1 saturated heterocycles. The average molecular weight is 332 g/mol. The number of rotatable bonds is 7. The van der Waals surface area contributed by atoms with Crippen LogP contribution in [-0.2, 0) is 16.1 Å². The van der Waals surface area contributed by atoms with Crippen LogP contribution in [0.25, 0.3) is 0 Å². The standard InChI is InChI=1S/C17H24N4O3/c1-21-10-13(8-14(21)22)15(23)19-11-17(5-6-17)20-9-12-4-3-7-18-16(12)24-2/h3-4,7,13,20H,5-6,8-11H2,1-2H3,(H,19,23). The second kappa shape index (κ2) is 6.76. The highest BCUT2D eigenvalue weighted by atomic mass is 16.5. The molecule has 24 heavy (non-hydrogen) atoms. The third-order valence-electron chi connectivity index (χ3n) is 4.86. The average Bonchev–Trinajstić information content (AvgIpc) is 3.29. The number of carbonyl (C=O) groups excluding carboxylic acids is 2. The van der Waals surface area contributed by atoms with E-state index in [9.17, 15) is 9.59 Å². The Morgan fingerprint density at radius 1 is 1.50 bits per heavy atom. The van der Waals surface area contributed by atoms with Gasteiger partial charge in [-0.2, -0.15) is 0 Å². The number of hydrogen-bond donors (Lipinski definition) is 2. The van der Waals surface area contributed by atoms with Crippen LogP contribution in [0.3, 0.4) is 0 Å². The van der Waals surface area contributed by atoms with E-state index in [0.717, 1.165) is 18.4 Å². The summed E-state index contributed by atoms with van der Waals surface area (Å²) in [4.78, 5) is 29.6. The fourth-order valence-corrected chi connectivity index (χ4v) is 3.03. The molecule has 0 aromatic carbocycles. The van der Waals surface area contributed by atoms with E-state index in [1.54, 1.807) is 25.3 Å². The van der Waals surface area contributed by atoms with E-state index in [1.807, 2.05) is 12.1 Å². The van der Waals surface area contributed by atoms with E-state index in [2.05, 4.69) is 15.6 Å². The summed E-state index contributed by atoms with van der Waals surface area (Å²) < 4.78 is 5.26. The maximum atomic E-state index is 12.2. The van der Waals surface area contributed by atoms with Crippen molar-refractivity contribution in [1.82, 2.24) is 20.5 Å². The van der Waals surface area contributed by atoms with Crippen molar-refractivity contribution in [3.63, 3.8) is 0 Å². The lowest BCUT2D eigenvalue weighted by Gasteiger charge is -2.20. The first kappa shape index (κ1) is 16.7. The molecule has 1 unspecified atom stereocenters. The second-order valence-corrected chi connectivity index (χ2v) is 6.70. The van der Waals surface area contributed by atoms with Crippen LogP contribution < -0.4 is 15.4 Å². The van der Waals surface area contributed by atoms with Gasteiger partial charge in [-0.05, 0) is 18.9 Å². The van der Waals surface area contributed by atoms with Crippen LogP contribution in [0.15, 0.2) is 18.3 Å². The summed E-state index contributed by atoms with van der Waals surface area (Å²) in [5.41, 5.74) is 0.950. The Labute approximate surface area is 141 Å². The number of hydrogen-bond acceptors (Lipinski definition) is 5. The fraction of sp³-hybridized carbons (Fsp3) is 0.588. The first-order chi connectivity index (χ1) is 11.5. The van der Waals surface area contributed by atoms with Crippen LogP contribution in [-0.4, -0.2) is 54.5 Å². The number of nitrogens with one attached hydrogen (secondary N) is 2. The van der Waals surface area contributed by atoms with Crippen LogP contribution in [0.5, 0.6) is 5.88 Å². The maximum Gasteiger partial charge on any atom is 0.225 e. The van der Waals surface area contributed by atoms with Crippen molar-refractivity contribution >= 4 is 11.8 Å². The highest BCUT2D eigenvalue weighted by Crippen LogP contribution is 2.35. The summed E-state index contributed by atoms with van der Waals surface area (Å²) in [5.74, 6) is 0.409. The van der Waals surface area contributed by atoms with Crippen molar-refractivity contribution in [1.29, 1.82) is 0 Å². The van der Waals surface area contributed by atoms with Crippen molar-refractivity contribution in [2.45, 2.75) is 31.3 Å². The van der Waals surface area contributed by atoms with Crippen LogP contribution in [0.2, 0.25) is 0 Å². The van der Waals surface area contributed by atoms with Crippen molar-refractivity contribution < 1.29 is 14.3 Å². The number of aromatic nitrogens is 1. The Kier molecular flexibility index (Phi) is 4.71. The monoisotopic (exact) mass is 332 g/mol. The first-order valence-electron chi connectivity index (χ1n) is 8.27. The van der Waals surface area contributed by atoms with Gasteiger partial charge in [0, 0.05) is 50.4 Å². The lowest BCUT2D eigenvalue weighted by Crippen LogP contribution is -2.44. The molecule has 1 saturated carbocycles. The Morgan fingerprint density at radius 2 is 2.29 bits per heavy atom. The Balaban J connectivity index is 1.48. The van der Waals surface area contributed by atoms with Crippen molar-refractivity contribution in [2.24, 2.45) is 5.92 Å². The fourth-order valence-electron chi connectivity index (χ4n) is 3.03. The molecule has 1 atom stereocenters. The van der Waals surface area contributed by atoms with Gasteiger partial charge in [0.25, 0.3) is 0 Å². The van der Waals surface area contributed by atoms with E-state index in [4.69, 9.17) is 4.74 Å². The number of ether oxygens (including phenoxy) is 1. The molecule has 2 fully saturated rings. The smallest absolute Gasteiger partial charge is 0.225 e. The van der Waals surface area contributed by atoms with Gasteiger partial charge in [0.1, 0.15) is 0 Å². The molecular weight excluding hydrogens is 308 g/mol. The van der Waals surface area contributed by atoms with Gasteiger partial charge < -0.3 is 20.3 Å². The largest absolute Gasteiger partial charge is 0.481 e. The predicted octanol–water partition coefficient (Wildman–Crippen LogP) is 0.307. The molecule has 0 spiro atoms. The summed E-state index contributed by atoms with van der Waals surface area (Å²) in [6, 6.07) is 3.86. The molecule has 1 aliphatic heterocycles. The van der Waals surface area contributed by atoms with Gasteiger partial charge in [0.2, 0.25) is 17.7 Å². The second-order valence-electron chi connectivity index (χ2n) is 6.70. The maximum absolute atomic E-state index is 12.2. The van der Waals surface area contributed by atoms with Crippen LogP contribution in [0.4, 0.5) is 0 Å². The molecule has 0 bridgehead atoms. The van der Waals surface area contributed by atoms with Gasteiger partial charge in [-0.15, -0.1) is 0 Å². The molecule has 1 aliphatic carbocycles. The molecule has 3 rings (SSSR count). The van der Waals surface area contributed by atoms with Gasteiger partial charge in [-0.3, -0.25) is 9.59 Å². The normalized spacial score (nSPS) is 21.7. The lowest BCUT2D eigenvalue weighted by molar-refractivity contribution is -0.128. The number of carbonyl (C=O) groups is 2. The molecular formula is C17H24N4O3. The van der Waals surface area contributed by atoms with Gasteiger partial charge in [0.05, 0.1) is 13.0 Å². The molecule has 2 amide bonds. The SMILES string of the molecule is COc1ncccc1CNC1(CNC(=O)C2CC(=O)N(C)C2)CC1. The van der Waals surface area contributed by atoms with E-state index < -0.39 is 0 Å².